The molecule has 1 atom stereocenters. The number of aryl methyl sites for hydroxylation is 2. The topological polar surface area (TPSA) is 51.4 Å². The summed E-state index contributed by atoms with van der Waals surface area (Å²) in [7, 11) is 0. The highest BCUT2D eigenvalue weighted by atomic mass is 16.5. The molecule has 1 aromatic carbocycles. The van der Waals surface area contributed by atoms with Crippen LogP contribution in [0.3, 0.4) is 0 Å². The molecule has 1 saturated heterocycles. The Bertz CT molecular complexity index is 597. The summed E-state index contributed by atoms with van der Waals surface area (Å²) in [6.45, 7) is 7.59. The van der Waals surface area contributed by atoms with E-state index in [9.17, 15) is 0 Å². The van der Waals surface area contributed by atoms with Crippen LogP contribution in [-0.2, 0) is 0 Å². The molecule has 0 amide bonds. The first-order valence-corrected chi connectivity index (χ1v) is 7.43. The van der Waals surface area contributed by atoms with Crippen molar-refractivity contribution in [3.8, 4) is 5.75 Å². The van der Waals surface area contributed by atoms with Gasteiger partial charge in [0, 0.05) is 13.1 Å². The fourth-order valence-electron chi connectivity index (χ4n) is 2.72. The molecule has 0 aliphatic carbocycles. The van der Waals surface area contributed by atoms with Crippen LogP contribution in [0.25, 0.3) is 0 Å². The zero-order valence-corrected chi connectivity index (χ0v) is 12.6. The van der Waals surface area contributed by atoms with E-state index in [1.165, 1.54) is 5.56 Å². The minimum atomic E-state index is 0.365. The Balaban J connectivity index is 1.46. The molecule has 1 fully saturated rings. The molecule has 0 spiro atoms. The second-order valence-corrected chi connectivity index (χ2v) is 5.58. The van der Waals surface area contributed by atoms with Crippen molar-refractivity contribution >= 4 is 0 Å². The lowest BCUT2D eigenvalue weighted by Crippen LogP contribution is -2.26. The monoisotopic (exact) mass is 287 g/mol. The predicted octanol–water partition coefficient (Wildman–Crippen LogP) is 2.55. The molecule has 3 rings (SSSR count). The third-order valence-corrected chi connectivity index (χ3v) is 3.92. The molecule has 0 saturated carbocycles. The average Bonchev–Trinajstić information content (AvgIpc) is 3.10. The average molecular weight is 287 g/mol. The lowest BCUT2D eigenvalue weighted by molar-refractivity contribution is 0.232. The van der Waals surface area contributed by atoms with Crippen LogP contribution < -0.4 is 4.74 Å². The number of benzene rings is 1. The molecule has 0 unspecified atom stereocenters. The Hall–Kier alpha value is -1.88. The predicted molar refractivity (Wildman–Crippen MR) is 79.5 cm³/mol. The largest absolute Gasteiger partial charge is 0.492 e. The van der Waals surface area contributed by atoms with Gasteiger partial charge in [-0.1, -0.05) is 23.4 Å². The number of hydrogen-bond donors (Lipinski definition) is 0. The highest BCUT2D eigenvalue weighted by molar-refractivity contribution is 5.31. The molecule has 21 heavy (non-hydrogen) atoms. The molecular weight excluding hydrogens is 266 g/mol. The summed E-state index contributed by atoms with van der Waals surface area (Å²) in [6, 6.07) is 8.12. The van der Waals surface area contributed by atoms with Crippen LogP contribution in [0.2, 0.25) is 0 Å². The second kappa shape index (κ2) is 6.26. The molecule has 1 aliphatic rings. The van der Waals surface area contributed by atoms with E-state index < -0.39 is 0 Å². The van der Waals surface area contributed by atoms with E-state index in [4.69, 9.17) is 9.26 Å². The quantitative estimate of drug-likeness (QED) is 0.846. The number of aromatic nitrogens is 2. The Kier molecular flexibility index (Phi) is 4.20. The maximum Gasteiger partial charge on any atom is 0.231 e. The summed E-state index contributed by atoms with van der Waals surface area (Å²) in [5.41, 5.74) is 1.18. The number of likely N-dealkylation sites (tertiary alicyclic amines) is 1. The van der Waals surface area contributed by atoms with Gasteiger partial charge in [-0.3, -0.25) is 4.90 Å². The normalized spacial score (nSPS) is 19.0. The summed E-state index contributed by atoms with van der Waals surface area (Å²) >= 11 is 0. The van der Waals surface area contributed by atoms with E-state index in [1.807, 2.05) is 25.1 Å². The molecule has 112 valence electrons. The van der Waals surface area contributed by atoms with Gasteiger partial charge in [0.1, 0.15) is 12.4 Å². The molecule has 1 aromatic heterocycles. The maximum atomic E-state index is 5.85. The van der Waals surface area contributed by atoms with Crippen LogP contribution in [0.15, 0.2) is 28.8 Å². The van der Waals surface area contributed by atoms with Crippen LogP contribution in [0, 0.1) is 13.8 Å². The third kappa shape index (κ3) is 3.42. The number of nitrogens with zero attached hydrogens (tertiary/aromatic N) is 3. The van der Waals surface area contributed by atoms with Crippen LogP contribution in [0.1, 0.15) is 29.6 Å². The van der Waals surface area contributed by atoms with Gasteiger partial charge in [0.2, 0.25) is 5.89 Å². The summed E-state index contributed by atoms with van der Waals surface area (Å²) in [5.74, 6) is 2.83. The molecule has 2 aromatic rings. The van der Waals surface area contributed by atoms with Crippen molar-refractivity contribution in [2.45, 2.75) is 26.2 Å². The zero-order valence-electron chi connectivity index (χ0n) is 12.6. The van der Waals surface area contributed by atoms with E-state index in [0.29, 0.717) is 18.3 Å². The molecular formula is C16H21N3O2. The van der Waals surface area contributed by atoms with E-state index in [-0.39, 0.29) is 0 Å². The molecule has 5 nitrogen and oxygen atoms in total. The van der Waals surface area contributed by atoms with Gasteiger partial charge in [0.25, 0.3) is 0 Å². The first kappa shape index (κ1) is 14.1. The number of rotatable bonds is 5. The van der Waals surface area contributed by atoms with Crippen LogP contribution in [0.5, 0.6) is 5.75 Å². The van der Waals surface area contributed by atoms with Crippen molar-refractivity contribution in [2.24, 2.45) is 0 Å². The fraction of sp³-hybridized carbons (Fsp3) is 0.500. The van der Waals surface area contributed by atoms with Crippen LogP contribution in [0.4, 0.5) is 0 Å². The van der Waals surface area contributed by atoms with Crippen LogP contribution >= 0.6 is 0 Å². The minimum Gasteiger partial charge on any atom is -0.492 e. The molecule has 1 aliphatic heterocycles. The highest BCUT2D eigenvalue weighted by Crippen LogP contribution is 2.25. The number of ether oxygens (including phenoxy) is 1. The number of para-hydroxylation sites is 1. The van der Waals surface area contributed by atoms with Crippen LogP contribution in [-0.4, -0.2) is 41.3 Å². The van der Waals surface area contributed by atoms with Gasteiger partial charge in [0.05, 0.1) is 5.92 Å². The molecule has 0 bridgehead atoms. The molecule has 0 radical (unpaired) electrons. The molecule has 5 heteroatoms. The number of hydrogen-bond acceptors (Lipinski definition) is 5. The standard InChI is InChI=1S/C16H21N3O2/c1-12-5-3-4-6-15(12)20-10-9-19-8-7-14(11-19)16-17-13(2)18-21-16/h3-6,14H,7-11H2,1-2H3/t14-/m1/s1. The summed E-state index contributed by atoms with van der Waals surface area (Å²) < 4.78 is 11.1. The van der Waals surface area contributed by atoms with Crippen molar-refractivity contribution in [2.75, 3.05) is 26.2 Å². The van der Waals surface area contributed by atoms with Crippen molar-refractivity contribution in [3.63, 3.8) is 0 Å². The van der Waals surface area contributed by atoms with Crippen molar-refractivity contribution in [1.82, 2.24) is 15.0 Å². The lowest BCUT2D eigenvalue weighted by Gasteiger charge is -2.16. The van der Waals surface area contributed by atoms with Gasteiger partial charge in [0.15, 0.2) is 5.82 Å². The lowest BCUT2D eigenvalue weighted by atomic mass is 10.1. The summed E-state index contributed by atoms with van der Waals surface area (Å²) in [6.07, 6.45) is 1.08. The zero-order chi connectivity index (χ0) is 14.7. The van der Waals surface area contributed by atoms with E-state index in [0.717, 1.165) is 37.7 Å². The second-order valence-electron chi connectivity index (χ2n) is 5.58. The van der Waals surface area contributed by atoms with Crippen molar-refractivity contribution in [1.29, 1.82) is 0 Å². The van der Waals surface area contributed by atoms with Gasteiger partial charge >= 0.3 is 0 Å². The maximum absolute atomic E-state index is 5.85. The van der Waals surface area contributed by atoms with Gasteiger partial charge < -0.3 is 9.26 Å². The smallest absolute Gasteiger partial charge is 0.231 e. The van der Waals surface area contributed by atoms with Crippen molar-refractivity contribution in [3.05, 3.63) is 41.5 Å². The third-order valence-electron chi connectivity index (χ3n) is 3.92. The Morgan fingerprint density at radius 1 is 1.33 bits per heavy atom. The van der Waals surface area contributed by atoms with E-state index >= 15 is 0 Å². The van der Waals surface area contributed by atoms with Gasteiger partial charge in [-0.05, 0) is 38.4 Å². The SMILES string of the molecule is Cc1noc([C@@H]2CCN(CCOc3ccccc3C)C2)n1. The summed E-state index contributed by atoms with van der Waals surface area (Å²) in [5, 5.41) is 3.87. The Morgan fingerprint density at radius 3 is 2.95 bits per heavy atom. The van der Waals surface area contributed by atoms with Gasteiger partial charge in [-0.25, -0.2) is 0 Å². The van der Waals surface area contributed by atoms with Crippen molar-refractivity contribution < 1.29 is 9.26 Å². The first-order chi connectivity index (χ1) is 10.2. The molecule has 0 N–H and O–H groups in total. The fourth-order valence-corrected chi connectivity index (χ4v) is 2.72. The van der Waals surface area contributed by atoms with Gasteiger partial charge in [-0.15, -0.1) is 0 Å². The Labute approximate surface area is 124 Å². The molecule has 2 heterocycles. The summed E-state index contributed by atoms with van der Waals surface area (Å²) in [4.78, 5) is 6.72. The first-order valence-electron chi connectivity index (χ1n) is 7.43. The van der Waals surface area contributed by atoms with E-state index in [1.54, 1.807) is 0 Å². The Morgan fingerprint density at radius 2 is 2.19 bits per heavy atom. The highest BCUT2D eigenvalue weighted by Gasteiger charge is 2.27. The van der Waals surface area contributed by atoms with Gasteiger partial charge in [-0.2, -0.15) is 4.98 Å². The van der Waals surface area contributed by atoms with E-state index in [2.05, 4.69) is 28.0 Å². The minimum absolute atomic E-state index is 0.365.